The van der Waals surface area contributed by atoms with E-state index in [1.165, 1.54) is 17.4 Å². The molecule has 33 heavy (non-hydrogen) atoms. The fraction of sp³-hybridized carbons (Fsp3) is 0.0800. The van der Waals surface area contributed by atoms with Crippen molar-refractivity contribution in [1.82, 2.24) is 14.5 Å². The summed E-state index contributed by atoms with van der Waals surface area (Å²) in [5, 5.41) is 2.94. The van der Waals surface area contributed by atoms with Gasteiger partial charge in [-0.1, -0.05) is 23.7 Å². The van der Waals surface area contributed by atoms with Crippen molar-refractivity contribution in [2.24, 2.45) is 0 Å². The molecule has 0 unspecified atom stereocenters. The number of aromatic nitrogens is 3. The van der Waals surface area contributed by atoms with E-state index in [0.29, 0.717) is 10.0 Å². The van der Waals surface area contributed by atoms with Gasteiger partial charge in [0, 0.05) is 18.0 Å². The van der Waals surface area contributed by atoms with E-state index in [9.17, 15) is 9.59 Å². The molecule has 5 aromatic rings. The Morgan fingerprint density at radius 2 is 2.00 bits per heavy atom. The van der Waals surface area contributed by atoms with Crippen molar-refractivity contribution in [1.29, 1.82) is 0 Å². The molecule has 0 bridgehead atoms. The smallest absolute Gasteiger partial charge is 0.255 e. The number of H-pyrrole nitrogens is 1. The van der Waals surface area contributed by atoms with Gasteiger partial charge in [-0.2, -0.15) is 0 Å². The molecule has 0 aliphatic carbocycles. The first-order valence-electron chi connectivity index (χ1n) is 10.3. The average Bonchev–Trinajstić information content (AvgIpc) is 3.40. The van der Waals surface area contributed by atoms with Crippen molar-refractivity contribution < 1.29 is 4.79 Å². The molecule has 164 valence electrons. The highest BCUT2D eigenvalue weighted by Gasteiger charge is 2.11. The Balaban J connectivity index is 1.31. The van der Waals surface area contributed by atoms with Crippen molar-refractivity contribution in [2.75, 3.05) is 5.32 Å². The molecule has 0 aliphatic rings. The van der Waals surface area contributed by atoms with Crippen LogP contribution in [0.3, 0.4) is 0 Å². The number of halogens is 1. The standard InChI is InChI=1S/C25H19ClN4O2S/c1-15-12-17(6-8-20(15)30-11-3-2-4-24(30)32)27-23(31)14-16-5-7-18-19(13-16)29-25(28-18)21-9-10-22(26)33-21/h2-13H,14H2,1H3,(H,27,31)(H,28,29). The molecule has 0 fully saturated rings. The summed E-state index contributed by atoms with van der Waals surface area (Å²) in [6.07, 6.45) is 1.96. The number of amides is 1. The molecule has 0 spiro atoms. The SMILES string of the molecule is Cc1cc(NC(=O)Cc2ccc3nc(-c4ccc(Cl)s4)[nH]c3c2)ccc1-n1ccccc1=O. The summed E-state index contributed by atoms with van der Waals surface area (Å²) >= 11 is 7.49. The summed E-state index contributed by atoms with van der Waals surface area (Å²) < 4.78 is 2.29. The van der Waals surface area contributed by atoms with Crippen molar-refractivity contribution in [3.8, 4) is 16.4 Å². The molecular formula is C25H19ClN4O2S. The van der Waals surface area contributed by atoms with Crippen LogP contribution >= 0.6 is 22.9 Å². The van der Waals surface area contributed by atoms with Gasteiger partial charge in [0.15, 0.2) is 0 Å². The lowest BCUT2D eigenvalue weighted by atomic mass is 10.1. The maximum Gasteiger partial charge on any atom is 0.255 e. The van der Waals surface area contributed by atoms with Crippen molar-refractivity contribution in [2.45, 2.75) is 13.3 Å². The quantitative estimate of drug-likeness (QED) is 0.348. The zero-order chi connectivity index (χ0) is 22.9. The highest BCUT2D eigenvalue weighted by molar-refractivity contribution is 7.19. The largest absolute Gasteiger partial charge is 0.337 e. The van der Waals surface area contributed by atoms with Crippen LogP contribution in [0.15, 0.2) is 77.7 Å². The normalized spacial score (nSPS) is 11.1. The molecule has 0 aliphatic heterocycles. The summed E-state index contributed by atoms with van der Waals surface area (Å²) in [7, 11) is 0. The molecule has 8 heteroatoms. The molecule has 2 N–H and O–H groups in total. The summed E-state index contributed by atoms with van der Waals surface area (Å²) in [5.74, 6) is 0.639. The van der Waals surface area contributed by atoms with Crippen LogP contribution in [-0.2, 0) is 11.2 Å². The minimum absolute atomic E-state index is 0.100. The topological polar surface area (TPSA) is 79.8 Å². The van der Waals surface area contributed by atoms with E-state index in [1.807, 2.05) is 55.5 Å². The van der Waals surface area contributed by atoms with Gasteiger partial charge in [-0.05, 0) is 66.6 Å². The van der Waals surface area contributed by atoms with E-state index in [4.69, 9.17) is 11.6 Å². The third-order valence-corrected chi connectivity index (χ3v) is 6.52. The van der Waals surface area contributed by atoms with E-state index < -0.39 is 0 Å². The Bertz CT molecular complexity index is 1550. The van der Waals surface area contributed by atoms with Crippen LogP contribution in [0.25, 0.3) is 27.4 Å². The van der Waals surface area contributed by atoms with E-state index in [0.717, 1.165) is 38.5 Å². The van der Waals surface area contributed by atoms with Crippen LogP contribution < -0.4 is 10.9 Å². The lowest BCUT2D eigenvalue weighted by Gasteiger charge is -2.11. The minimum atomic E-state index is -0.122. The Morgan fingerprint density at radius 1 is 1.12 bits per heavy atom. The molecule has 0 saturated carbocycles. The predicted octanol–water partition coefficient (Wildman–Crippen LogP) is 5.59. The first kappa shape index (κ1) is 21.2. The number of nitrogens with one attached hydrogen (secondary N) is 2. The number of thiophene rings is 1. The van der Waals surface area contributed by atoms with Gasteiger partial charge in [0.1, 0.15) is 5.82 Å². The summed E-state index contributed by atoms with van der Waals surface area (Å²) in [5.41, 5.74) is 4.84. The molecule has 2 aromatic carbocycles. The minimum Gasteiger partial charge on any atom is -0.337 e. The number of rotatable bonds is 5. The van der Waals surface area contributed by atoms with Gasteiger partial charge in [0.05, 0.1) is 32.4 Å². The monoisotopic (exact) mass is 474 g/mol. The summed E-state index contributed by atoms with van der Waals surface area (Å²) in [4.78, 5) is 33.6. The third-order valence-electron chi connectivity index (χ3n) is 5.28. The van der Waals surface area contributed by atoms with Gasteiger partial charge in [-0.25, -0.2) is 4.98 Å². The third kappa shape index (κ3) is 4.46. The van der Waals surface area contributed by atoms with Gasteiger partial charge < -0.3 is 10.3 Å². The van der Waals surface area contributed by atoms with Crippen LogP contribution in [0.1, 0.15) is 11.1 Å². The van der Waals surface area contributed by atoms with Gasteiger partial charge in [-0.15, -0.1) is 11.3 Å². The van der Waals surface area contributed by atoms with Crippen LogP contribution in [0.2, 0.25) is 4.34 Å². The van der Waals surface area contributed by atoms with Crippen molar-refractivity contribution in [3.05, 3.63) is 98.7 Å². The van der Waals surface area contributed by atoms with Gasteiger partial charge in [-0.3, -0.25) is 14.2 Å². The molecule has 6 nitrogen and oxygen atoms in total. The second kappa shape index (κ2) is 8.69. The molecule has 1 amide bonds. The highest BCUT2D eigenvalue weighted by Crippen LogP contribution is 2.30. The number of anilines is 1. The summed E-state index contributed by atoms with van der Waals surface area (Å²) in [6, 6.07) is 20.1. The van der Waals surface area contributed by atoms with Crippen LogP contribution in [0, 0.1) is 6.92 Å². The molecule has 3 heterocycles. The molecular weight excluding hydrogens is 456 g/mol. The first-order valence-corrected chi connectivity index (χ1v) is 11.5. The van der Waals surface area contributed by atoms with Crippen LogP contribution in [-0.4, -0.2) is 20.4 Å². The van der Waals surface area contributed by atoms with E-state index in [1.54, 1.807) is 22.9 Å². The highest BCUT2D eigenvalue weighted by atomic mass is 35.5. The zero-order valence-corrected chi connectivity index (χ0v) is 19.2. The van der Waals surface area contributed by atoms with E-state index >= 15 is 0 Å². The Kier molecular flexibility index (Phi) is 5.58. The molecule has 0 saturated heterocycles. The second-order valence-electron chi connectivity index (χ2n) is 7.68. The number of carbonyl (C=O) groups excluding carboxylic acids is 1. The number of carbonyl (C=O) groups is 1. The number of fused-ring (bicyclic) bond motifs is 1. The van der Waals surface area contributed by atoms with Gasteiger partial charge >= 0.3 is 0 Å². The van der Waals surface area contributed by atoms with E-state index in [2.05, 4.69) is 15.3 Å². The van der Waals surface area contributed by atoms with Crippen LogP contribution in [0.4, 0.5) is 5.69 Å². The molecule has 0 radical (unpaired) electrons. The molecule has 0 atom stereocenters. The van der Waals surface area contributed by atoms with Crippen molar-refractivity contribution >= 4 is 45.6 Å². The molecule has 5 rings (SSSR count). The number of nitrogens with zero attached hydrogens (tertiary/aromatic N) is 2. The Labute approximate surface area is 198 Å². The fourth-order valence-corrected chi connectivity index (χ4v) is 4.73. The lowest BCUT2D eigenvalue weighted by Crippen LogP contribution is -2.17. The van der Waals surface area contributed by atoms with Gasteiger partial charge in [0.2, 0.25) is 5.91 Å². The number of aromatic amines is 1. The second-order valence-corrected chi connectivity index (χ2v) is 9.39. The number of hydrogen-bond acceptors (Lipinski definition) is 4. The number of aryl methyl sites for hydroxylation is 1. The molecule has 3 aromatic heterocycles. The van der Waals surface area contributed by atoms with Gasteiger partial charge in [0.25, 0.3) is 5.56 Å². The Morgan fingerprint density at radius 3 is 2.76 bits per heavy atom. The van der Waals surface area contributed by atoms with E-state index in [-0.39, 0.29) is 17.9 Å². The Hall–Kier alpha value is -3.68. The zero-order valence-electron chi connectivity index (χ0n) is 17.6. The number of imidazole rings is 1. The number of hydrogen-bond donors (Lipinski definition) is 2. The van der Waals surface area contributed by atoms with Crippen molar-refractivity contribution in [3.63, 3.8) is 0 Å². The maximum absolute atomic E-state index is 12.7. The van der Waals surface area contributed by atoms with Crippen LogP contribution in [0.5, 0.6) is 0 Å². The number of pyridine rings is 1. The number of benzene rings is 2. The maximum atomic E-state index is 12.7. The lowest BCUT2D eigenvalue weighted by molar-refractivity contribution is -0.115. The first-order chi connectivity index (χ1) is 16.0. The average molecular weight is 475 g/mol. The summed E-state index contributed by atoms with van der Waals surface area (Å²) in [6.45, 7) is 1.91. The fourth-order valence-electron chi connectivity index (χ4n) is 3.75. The predicted molar refractivity (Wildman–Crippen MR) is 134 cm³/mol.